The van der Waals surface area contributed by atoms with Crippen LogP contribution in [0.2, 0.25) is 0 Å². The van der Waals surface area contributed by atoms with E-state index in [1.807, 2.05) is 18.3 Å². The normalized spacial score (nSPS) is 21.2. The number of aromatic nitrogens is 1. The third-order valence-electron chi connectivity index (χ3n) is 5.72. The second-order valence-corrected chi connectivity index (χ2v) is 7.85. The van der Waals surface area contributed by atoms with Gasteiger partial charge in [-0.2, -0.15) is 0 Å². The molecule has 0 bridgehead atoms. The van der Waals surface area contributed by atoms with Crippen molar-refractivity contribution in [1.82, 2.24) is 15.2 Å². The van der Waals surface area contributed by atoms with Crippen LogP contribution in [0.3, 0.4) is 0 Å². The fourth-order valence-corrected chi connectivity index (χ4v) is 4.11. The van der Waals surface area contributed by atoms with Gasteiger partial charge in [-0.05, 0) is 37.5 Å². The predicted octanol–water partition coefficient (Wildman–Crippen LogP) is 2.81. The first-order valence-electron chi connectivity index (χ1n) is 10.5. The molecule has 3 aliphatic rings. The lowest BCUT2D eigenvalue weighted by Gasteiger charge is -2.42. The smallest absolute Gasteiger partial charge is 0.203 e. The van der Waals surface area contributed by atoms with Gasteiger partial charge in [0, 0.05) is 37.5 Å². The molecule has 1 aromatic heterocycles. The summed E-state index contributed by atoms with van der Waals surface area (Å²) in [5.74, 6) is 2.15. The lowest BCUT2D eigenvalue weighted by molar-refractivity contribution is -0.113. The van der Waals surface area contributed by atoms with Crippen molar-refractivity contribution in [1.29, 1.82) is 0 Å². The van der Waals surface area contributed by atoms with Gasteiger partial charge in [-0.25, -0.2) is 9.98 Å². The van der Waals surface area contributed by atoms with Crippen molar-refractivity contribution >= 4 is 17.6 Å². The second-order valence-electron chi connectivity index (χ2n) is 7.85. The first-order valence-corrected chi connectivity index (χ1v) is 10.5. The lowest BCUT2D eigenvalue weighted by atomic mass is 9.95. The van der Waals surface area contributed by atoms with Crippen LogP contribution in [0.15, 0.2) is 46.9 Å². The highest BCUT2D eigenvalue weighted by molar-refractivity contribution is 5.96. The topological polar surface area (TPSA) is 88.1 Å². The van der Waals surface area contributed by atoms with Crippen molar-refractivity contribution < 1.29 is 14.3 Å². The largest absolute Gasteiger partial charge is 0.490 e. The van der Waals surface area contributed by atoms with Crippen LogP contribution in [-0.4, -0.2) is 54.2 Å². The van der Waals surface area contributed by atoms with Crippen LogP contribution in [0.1, 0.15) is 39.0 Å². The predicted molar refractivity (Wildman–Crippen MR) is 115 cm³/mol. The summed E-state index contributed by atoms with van der Waals surface area (Å²) in [5, 5.41) is 6.74. The molecule has 8 heteroatoms. The Kier molecular flexibility index (Phi) is 6.32. The fourth-order valence-electron chi connectivity index (χ4n) is 4.11. The Labute approximate surface area is 177 Å². The third-order valence-corrected chi connectivity index (χ3v) is 5.72. The number of Topliss-reactive ketones (excluding diaryl/α,β-unsaturated/α-hetero) is 1. The van der Waals surface area contributed by atoms with Gasteiger partial charge in [-0.1, -0.05) is 12.8 Å². The number of carbonyl (C=O) groups excluding carboxylic acids is 1. The molecular formula is C22H29N5O3. The summed E-state index contributed by atoms with van der Waals surface area (Å²) in [6, 6.07) is 4.17. The number of hydrogen-bond acceptors (Lipinski definition) is 8. The van der Waals surface area contributed by atoms with Crippen LogP contribution >= 0.6 is 0 Å². The number of anilines is 1. The van der Waals surface area contributed by atoms with E-state index in [0.29, 0.717) is 43.2 Å². The van der Waals surface area contributed by atoms with Crippen LogP contribution < -0.4 is 15.4 Å². The SMILES string of the molecule is COCCOc1ccc(NC2=NC=C3CC(C(C)=O)=CN(C4CCCC4)C3N2)nc1. The van der Waals surface area contributed by atoms with E-state index < -0.39 is 0 Å². The number of methoxy groups -OCH3 is 1. The third kappa shape index (κ3) is 4.64. The van der Waals surface area contributed by atoms with E-state index >= 15 is 0 Å². The van der Waals surface area contributed by atoms with Gasteiger partial charge in [-0.15, -0.1) is 0 Å². The van der Waals surface area contributed by atoms with Crippen molar-refractivity contribution in [2.45, 2.75) is 51.2 Å². The minimum atomic E-state index is 0.00727. The van der Waals surface area contributed by atoms with Gasteiger partial charge in [0.05, 0.1) is 12.8 Å². The van der Waals surface area contributed by atoms with Gasteiger partial charge in [0.1, 0.15) is 24.3 Å². The van der Waals surface area contributed by atoms with E-state index in [1.54, 1.807) is 20.2 Å². The number of fused-ring (bicyclic) bond motifs is 1. The molecular weight excluding hydrogens is 382 g/mol. The average molecular weight is 412 g/mol. The van der Waals surface area contributed by atoms with Crippen LogP contribution in [0.4, 0.5) is 5.82 Å². The Hall–Kier alpha value is -2.87. The van der Waals surface area contributed by atoms with Crippen LogP contribution in [0, 0.1) is 0 Å². The maximum Gasteiger partial charge on any atom is 0.203 e. The summed E-state index contributed by atoms with van der Waals surface area (Å²) in [6.07, 6.45) is 11.0. The molecule has 1 saturated carbocycles. The van der Waals surface area contributed by atoms with E-state index in [2.05, 4.69) is 31.7 Å². The summed E-state index contributed by atoms with van der Waals surface area (Å²) in [7, 11) is 1.64. The number of hydrogen-bond donors (Lipinski definition) is 2. The molecule has 1 unspecified atom stereocenters. The van der Waals surface area contributed by atoms with Gasteiger partial charge in [-0.3, -0.25) is 4.79 Å². The zero-order valence-electron chi connectivity index (χ0n) is 17.6. The van der Waals surface area contributed by atoms with Gasteiger partial charge >= 0.3 is 0 Å². The van der Waals surface area contributed by atoms with E-state index in [9.17, 15) is 4.79 Å². The first-order chi connectivity index (χ1) is 14.6. The maximum absolute atomic E-state index is 12.0. The van der Waals surface area contributed by atoms with Crippen LogP contribution in [0.25, 0.3) is 0 Å². The van der Waals surface area contributed by atoms with E-state index in [4.69, 9.17) is 9.47 Å². The molecule has 1 aliphatic carbocycles. The Bertz CT molecular complexity index is 856. The van der Waals surface area contributed by atoms with Gasteiger partial charge in [0.15, 0.2) is 5.78 Å². The number of nitrogens with one attached hydrogen (secondary N) is 2. The number of rotatable bonds is 7. The number of ether oxygens (including phenoxy) is 2. The van der Waals surface area contributed by atoms with Gasteiger partial charge in [0.25, 0.3) is 0 Å². The Morgan fingerprint density at radius 1 is 1.30 bits per heavy atom. The van der Waals surface area contributed by atoms with Crippen molar-refractivity contribution in [2.75, 3.05) is 25.6 Å². The van der Waals surface area contributed by atoms with Crippen molar-refractivity contribution in [3.63, 3.8) is 0 Å². The Morgan fingerprint density at radius 2 is 2.13 bits per heavy atom. The number of allylic oxidation sites excluding steroid dienone is 1. The summed E-state index contributed by atoms with van der Waals surface area (Å²) < 4.78 is 10.5. The summed E-state index contributed by atoms with van der Waals surface area (Å²) in [4.78, 5) is 23.3. The molecule has 0 spiro atoms. The highest BCUT2D eigenvalue weighted by Crippen LogP contribution is 2.33. The molecule has 0 amide bonds. The van der Waals surface area contributed by atoms with Crippen LogP contribution in [0.5, 0.6) is 5.75 Å². The molecule has 2 aliphatic heterocycles. The summed E-state index contributed by atoms with van der Waals surface area (Å²) in [6.45, 7) is 2.66. The van der Waals surface area contributed by atoms with Crippen molar-refractivity contribution in [2.24, 2.45) is 4.99 Å². The minimum Gasteiger partial charge on any atom is -0.490 e. The Morgan fingerprint density at radius 3 is 2.83 bits per heavy atom. The highest BCUT2D eigenvalue weighted by Gasteiger charge is 2.35. The van der Waals surface area contributed by atoms with Crippen molar-refractivity contribution in [3.05, 3.63) is 41.9 Å². The zero-order chi connectivity index (χ0) is 20.9. The minimum absolute atomic E-state index is 0.00727. The molecule has 8 nitrogen and oxygen atoms in total. The molecule has 3 heterocycles. The second kappa shape index (κ2) is 9.30. The zero-order valence-corrected chi connectivity index (χ0v) is 17.6. The summed E-state index contributed by atoms with van der Waals surface area (Å²) >= 11 is 0. The number of ketones is 1. The molecule has 160 valence electrons. The molecule has 0 radical (unpaired) electrons. The molecule has 1 fully saturated rings. The maximum atomic E-state index is 12.0. The summed E-state index contributed by atoms with van der Waals surface area (Å²) in [5.41, 5.74) is 1.97. The molecule has 1 atom stereocenters. The van der Waals surface area contributed by atoms with Gasteiger partial charge < -0.3 is 25.0 Å². The number of nitrogens with zero attached hydrogens (tertiary/aromatic N) is 3. The molecule has 30 heavy (non-hydrogen) atoms. The Balaban J connectivity index is 1.45. The van der Waals surface area contributed by atoms with Gasteiger partial charge in [0.2, 0.25) is 5.96 Å². The molecule has 2 N–H and O–H groups in total. The van der Waals surface area contributed by atoms with Crippen LogP contribution in [-0.2, 0) is 9.53 Å². The number of aliphatic imine (C=N–C) groups is 1. The quantitative estimate of drug-likeness (QED) is 0.667. The number of pyridine rings is 1. The number of carbonyl (C=O) groups is 1. The average Bonchev–Trinajstić information content (AvgIpc) is 3.29. The standard InChI is InChI=1S/C22H29N5O3/c1-15(28)17-11-16-12-24-22(26-21(16)27(14-17)18-5-3-4-6-18)25-20-8-7-19(13-23-20)30-10-9-29-2/h7-8,12-14,18,21H,3-6,9-11H2,1-2H3,(H2,23,24,25,26). The van der Waals surface area contributed by atoms with E-state index in [1.165, 1.54) is 12.8 Å². The molecule has 0 aromatic carbocycles. The molecule has 4 rings (SSSR count). The highest BCUT2D eigenvalue weighted by atomic mass is 16.5. The molecule has 0 saturated heterocycles. The lowest BCUT2D eigenvalue weighted by Crippen LogP contribution is -2.55. The fraction of sp³-hybridized carbons (Fsp3) is 0.500. The number of guanidine groups is 1. The molecule has 1 aromatic rings. The van der Waals surface area contributed by atoms with E-state index in [-0.39, 0.29) is 11.9 Å². The van der Waals surface area contributed by atoms with Crippen molar-refractivity contribution in [3.8, 4) is 5.75 Å². The van der Waals surface area contributed by atoms with E-state index in [0.717, 1.165) is 24.0 Å². The first kappa shape index (κ1) is 20.4. The monoisotopic (exact) mass is 411 g/mol.